The number of hydrogen-bond donors (Lipinski definition) is 1. The summed E-state index contributed by atoms with van der Waals surface area (Å²) in [5.74, 6) is -0.346. The summed E-state index contributed by atoms with van der Waals surface area (Å²) >= 11 is 5.36. The van der Waals surface area contributed by atoms with Gasteiger partial charge in [0, 0.05) is 0 Å². The van der Waals surface area contributed by atoms with Crippen molar-refractivity contribution in [1.82, 2.24) is 4.98 Å². The van der Waals surface area contributed by atoms with Gasteiger partial charge in [0.2, 0.25) is 0 Å². The standard InChI is InChI=1S/C7H6ClF2N3O2/c8-2-5-6(13(14)15)3(11)1-4(12-5)7(9)10/h1,7H,2H2,(H2,11,12). The summed E-state index contributed by atoms with van der Waals surface area (Å²) in [6.07, 6.45) is -2.84. The first-order valence-electron chi connectivity index (χ1n) is 3.75. The van der Waals surface area contributed by atoms with Gasteiger partial charge in [-0.1, -0.05) is 0 Å². The Morgan fingerprint density at radius 2 is 2.27 bits per heavy atom. The van der Waals surface area contributed by atoms with Crippen LogP contribution < -0.4 is 5.73 Å². The number of hydrogen-bond acceptors (Lipinski definition) is 4. The average Bonchev–Trinajstić information content (AvgIpc) is 2.15. The zero-order chi connectivity index (χ0) is 11.6. The minimum absolute atomic E-state index is 0.253. The number of nitrogens with two attached hydrogens (primary N) is 1. The van der Waals surface area contributed by atoms with Crippen molar-refractivity contribution in [3.8, 4) is 0 Å². The number of nitrogen functional groups attached to an aromatic ring is 1. The Kier molecular flexibility index (Phi) is 3.35. The number of aromatic nitrogens is 1. The summed E-state index contributed by atoms with van der Waals surface area (Å²) in [5, 5.41) is 10.5. The van der Waals surface area contributed by atoms with E-state index in [1.807, 2.05) is 0 Å². The summed E-state index contributed by atoms with van der Waals surface area (Å²) in [4.78, 5) is 13.1. The van der Waals surface area contributed by atoms with Crippen LogP contribution in [0.5, 0.6) is 0 Å². The van der Waals surface area contributed by atoms with Gasteiger partial charge < -0.3 is 5.73 Å². The van der Waals surface area contributed by atoms with E-state index in [1.165, 1.54) is 0 Å². The van der Waals surface area contributed by atoms with Crippen molar-refractivity contribution in [1.29, 1.82) is 0 Å². The molecule has 0 atom stereocenters. The van der Waals surface area contributed by atoms with Crippen molar-refractivity contribution in [2.75, 3.05) is 5.73 Å². The molecule has 1 heterocycles. The van der Waals surface area contributed by atoms with Crippen LogP contribution >= 0.6 is 11.6 Å². The van der Waals surface area contributed by atoms with Crippen LogP contribution in [0.15, 0.2) is 6.07 Å². The molecule has 0 fully saturated rings. The Morgan fingerprint density at radius 1 is 1.67 bits per heavy atom. The summed E-state index contributed by atoms with van der Waals surface area (Å²) in [6, 6.07) is 0.777. The number of rotatable bonds is 3. The van der Waals surface area contributed by atoms with E-state index in [9.17, 15) is 18.9 Å². The van der Waals surface area contributed by atoms with Crippen molar-refractivity contribution >= 4 is 23.0 Å². The first-order chi connectivity index (χ1) is 6.97. The third-order valence-electron chi connectivity index (χ3n) is 1.65. The Morgan fingerprint density at radius 3 is 2.67 bits per heavy atom. The molecule has 1 aromatic rings. The fourth-order valence-corrected chi connectivity index (χ4v) is 1.24. The Balaban J connectivity index is 3.37. The number of anilines is 1. The van der Waals surface area contributed by atoms with Crippen LogP contribution in [0, 0.1) is 10.1 Å². The van der Waals surface area contributed by atoms with Gasteiger partial charge in [0.25, 0.3) is 6.43 Å². The van der Waals surface area contributed by atoms with E-state index in [0.717, 1.165) is 6.07 Å². The zero-order valence-electron chi connectivity index (χ0n) is 7.28. The predicted molar refractivity (Wildman–Crippen MR) is 49.8 cm³/mol. The molecule has 8 heteroatoms. The number of halogens is 3. The second-order valence-corrected chi connectivity index (χ2v) is 2.89. The van der Waals surface area contributed by atoms with Crippen LogP contribution in [-0.2, 0) is 5.88 Å². The molecule has 2 N–H and O–H groups in total. The molecule has 0 aliphatic heterocycles. The summed E-state index contributed by atoms with van der Waals surface area (Å²) < 4.78 is 24.5. The molecular weight excluding hydrogens is 232 g/mol. The van der Waals surface area contributed by atoms with Crippen LogP contribution in [0.2, 0.25) is 0 Å². The number of pyridine rings is 1. The lowest BCUT2D eigenvalue weighted by molar-refractivity contribution is -0.384. The summed E-state index contributed by atoms with van der Waals surface area (Å²) in [6.45, 7) is 0. The van der Waals surface area contributed by atoms with E-state index in [0.29, 0.717) is 0 Å². The largest absolute Gasteiger partial charge is 0.393 e. The fourth-order valence-electron chi connectivity index (χ4n) is 1.05. The highest BCUT2D eigenvalue weighted by atomic mass is 35.5. The van der Waals surface area contributed by atoms with E-state index in [-0.39, 0.29) is 17.3 Å². The van der Waals surface area contributed by atoms with Crippen molar-refractivity contribution in [3.63, 3.8) is 0 Å². The smallest absolute Gasteiger partial charge is 0.314 e. The van der Waals surface area contributed by atoms with Crippen molar-refractivity contribution < 1.29 is 13.7 Å². The molecule has 0 radical (unpaired) electrons. The molecular formula is C7H6ClF2N3O2. The topological polar surface area (TPSA) is 82.0 Å². The van der Waals surface area contributed by atoms with Gasteiger partial charge in [0.05, 0.1) is 10.8 Å². The molecule has 82 valence electrons. The molecule has 0 saturated heterocycles. The highest BCUT2D eigenvalue weighted by molar-refractivity contribution is 6.17. The van der Waals surface area contributed by atoms with Gasteiger partial charge in [0.15, 0.2) is 0 Å². The quantitative estimate of drug-likeness (QED) is 0.497. The summed E-state index contributed by atoms with van der Waals surface area (Å²) in [5.41, 5.74) is 3.51. The van der Waals surface area contributed by atoms with E-state index < -0.39 is 22.7 Å². The van der Waals surface area contributed by atoms with Gasteiger partial charge in [-0.25, -0.2) is 13.8 Å². The van der Waals surface area contributed by atoms with Crippen LogP contribution in [0.25, 0.3) is 0 Å². The van der Waals surface area contributed by atoms with E-state index >= 15 is 0 Å². The minimum Gasteiger partial charge on any atom is -0.393 e. The number of nitrogens with zero attached hydrogens (tertiary/aromatic N) is 2. The third kappa shape index (κ3) is 2.30. The van der Waals surface area contributed by atoms with E-state index in [1.54, 1.807) is 0 Å². The van der Waals surface area contributed by atoms with Crippen molar-refractivity contribution in [3.05, 3.63) is 27.6 Å². The van der Waals surface area contributed by atoms with Gasteiger partial charge in [-0.3, -0.25) is 10.1 Å². The number of alkyl halides is 3. The molecule has 1 rings (SSSR count). The van der Waals surface area contributed by atoms with E-state index in [4.69, 9.17) is 17.3 Å². The molecule has 0 amide bonds. The fraction of sp³-hybridized carbons (Fsp3) is 0.286. The van der Waals surface area contributed by atoms with Gasteiger partial charge in [-0.2, -0.15) is 0 Å². The maximum absolute atomic E-state index is 12.3. The van der Waals surface area contributed by atoms with Crippen LogP contribution in [0.1, 0.15) is 17.8 Å². The van der Waals surface area contributed by atoms with Crippen LogP contribution in [0.3, 0.4) is 0 Å². The second kappa shape index (κ2) is 4.35. The Hall–Kier alpha value is -1.50. The molecule has 0 unspecified atom stereocenters. The van der Waals surface area contributed by atoms with Gasteiger partial charge in [0.1, 0.15) is 17.1 Å². The van der Waals surface area contributed by atoms with Crippen molar-refractivity contribution in [2.24, 2.45) is 0 Å². The SMILES string of the molecule is Nc1cc(C(F)F)nc(CCl)c1[N+](=O)[O-]. The predicted octanol–water partition coefficient (Wildman–Crippen LogP) is 2.25. The van der Waals surface area contributed by atoms with E-state index in [2.05, 4.69) is 4.98 Å². The monoisotopic (exact) mass is 237 g/mol. The lowest BCUT2D eigenvalue weighted by Gasteiger charge is -2.05. The average molecular weight is 238 g/mol. The maximum Gasteiger partial charge on any atom is 0.314 e. The highest BCUT2D eigenvalue weighted by Crippen LogP contribution is 2.30. The molecule has 5 nitrogen and oxygen atoms in total. The molecule has 0 aromatic carbocycles. The molecule has 0 bridgehead atoms. The third-order valence-corrected chi connectivity index (χ3v) is 1.90. The van der Waals surface area contributed by atoms with Gasteiger partial charge in [-0.05, 0) is 6.07 Å². The first kappa shape index (κ1) is 11.6. The minimum atomic E-state index is -2.84. The second-order valence-electron chi connectivity index (χ2n) is 2.62. The maximum atomic E-state index is 12.3. The zero-order valence-corrected chi connectivity index (χ0v) is 8.04. The highest BCUT2D eigenvalue weighted by Gasteiger charge is 2.23. The molecule has 0 saturated carbocycles. The lowest BCUT2D eigenvalue weighted by atomic mass is 10.2. The molecule has 1 aromatic heterocycles. The van der Waals surface area contributed by atoms with Crippen LogP contribution in [0.4, 0.5) is 20.2 Å². The van der Waals surface area contributed by atoms with Crippen LogP contribution in [-0.4, -0.2) is 9.91 Å². The van der Waals surface area contributed by atoms with Gasteiger partial charge in [-0.15, -0.1) is 11.6 Å². The lowest BCUT2D eigenvalue weighted by Crippen LogP contribution is -2.05. The summed E-state index contributed by atoms with van der Waals surface area (Å²) in [7, 11) is 0. The normalized spacial score (nSPS) is 10.7. The first-order valence-corrected chi connectivity index (χ1v) is 4.28. The molecule has 0 aliphatic rings. The Bertz CT molecular complexity index is 400. The van der Waals surface area contributed by atoms with Crippen molar-refractivity contribution in [2.45, 2.75) is 12.3 Å². The van der Waals surface area contributed by atoms with Gasteiger partial charge >= 0.3 is 5.69 Å². The molecule has 15 heavy (non-hydrogen) atoms. The molecule has 0 spiro atoms. The Labute approximate surface area is 88.0 Å². The number of nitro groups is 1. The molecule has 0 aliphatic carbocycles.